The van der Waals surface area contributed by atoms with Crippen LogP contribution in [-0.4, -0.2) is 19.2 Å². The number of ether oxygens (including phenoxy) is 1. The zero-order valence-electron chi connectivity index (χ0n) is 9.44. The first-order valence-electron chi connectivity index (χ1n) is 5.87. The number of aliphatic imine (C=N–C) groups is 1. The van der Waals surface area contributed by atoms with Crippen LogP contribution in [0.25, 0.3) is 0 Å². The van der Waals surface area contributed by atoms with Gasteiger partial charge in [-0.3, -0.25) is 0 Å². The molecule has 1 fully saturated rings. The van der Waals surface area contributed by atoms with E-state index in [-0.39, 0.29) is 6.04 Å². The smallest absolute Gasteiger partial charge is 0.285 e. The van der Waals surface area contributed by atoms with Crippen molar-refractivity contribution in [3.8, 4) is 0 Å². The molecule has 2 atom stereocenters. The van der Waals surface area contributed by atoms with Crippen LogP contribution in [-0.2, 0) is 11.2 Å². The van der Waals surface area contributed by atoms with Crippen LogP contribution in [0, 0.1) is 5.92 Å². The minimum Gasteiger partial charge on any atom is -0.463 e. The maximum Gasteiger partial charge on any atom is 0.285 e. The van der Waals surface area contributed by atoms with Gasteiger partial charge >= 0.3 is 0 Å². The summed E-state index contributed by atoms with van der Waals surface area (Å²) in [6.07, 6.45) is 1.12. The van der Waals surface area contributed by atoms with Crippen LogP contribution in [0.3, 0.4) is 0 Å². The van der Waals surface area contributed by atoms with Gasteiger partial charge in [0.05, 0.1) is 12.6 Å². The summed E-state index contributed by atoms with van der Waals surface area (Å²) in [5.74, 6) is 0.566. The fraction of sp³-hybridized carbons (Fsp3) is 0.462. The lowest BCUT2D eigenvalue weighted by Crippen LogP contribution is -2.17. The Morgan fingerprint density at radius 3 is 3.06 bits per heavy atom. The monoisotopic (exact) mass is 216 g/mol. The van der Waals surface area contributed by atoms with E-state index in [1.165, 1.54) is 11.1 Å². The van der Waals surface area contributed by atoms with E-state index in [1.807, 2.05) is 0 Å². The van der Waals surface area contributed by atoms with Crippen molar-refractivity contribution in [3.63, 3.8) is 0 Å². The highest BCUT2D eigenvalue weighted by molar-refractivity contribution is 5.75. The third-order valence-corrected chi connectivity index (χ3v) is 3.33. The molecule has 3 heteroatoms. The highest BCUT2D eigenvalue weighted by Crippen LogP contribution is 2.38. The first-order chi connectivity index (χ1) is 7.84. The first-order valence-corrected chi connectivity index (χ1v) is 5.87. The summed E-state index contributed by atoms with van der Waals surface area (Å²) in [4.78, 5) is 4.68. The lowest BCUT2D eigenvalue weighted by atomic mass is 10.0. The highest BCUT2D eigenvalue weighted by atomic mass is 16.5. The SMILES string of the molecule is CC1Cc2ccccc2C1N=C1NCCO1. The second-order valence-electron chi connectivity index (χ2n) is 4.53. The third-order valence-electron chi connectivity index (χ3n) is 3.33. The van der Waals surface area contributed by atoms with Crippen LogP contribution in [0.1, 0.15) is 24.1 Å². The van der Waals surface area contributed by atoms with Crippen LogP contribution < -0.4 is 5.32 Å². The van der Waals surface area contributed by atoms with E-state index in [1.54, 1.807) is 0 Å². The summed E-state index contributed by atoms with van der Waals surface area (Å²) in [7, 11) is 0. The van der Waals surface area contributed by atoms with Gasteiger partial charge < -0.3 is 10.1 Å². The average molecular weight is 216 g/mol. The van der Waals surface area contributed by atoms with E-state index in [9.17, 15) is 0 Å². The molecule has 0 aromatic heterocycles. The van der Waals surface area contributed by atoms with E-state index < -0.39 is 0 Å². The maximum absolute atomic E-state index is 5.42. The normalized spacial score (nSPS) is 29.9. The Morgan fingerprint density at radius 2 is 2.25 bits per heavy atom. The Bertz CT molecular complexity index is 420. The summed E-state index contributed by atoms with van der Waals surface area (Å²) in [5, 5.41) is 3.16. The van der Waals surface area contributed by atoms with Crippen molar-refractivity contribution in [1.29, 1.82) is 0 Å². The van der Waals surface area contributed by atoms with Gasteiger partial charge in [0, 0.05) is 0 Å². The molecule has 0 radical (unpaired) electrons. The van der Waals surface area contributed by atoms with Gasteiger partial charge in [0.15, 0.2) is 0 Å². The molecular weight excluding hydrogens is 200 g/mol. The van der Waals surface area contributed by atoms with Crippen LogP contribution in [0.15, 0.2) is 29.3 Å². The summed E-state index contributed by atoms with van der Waals surface area (Å²) in [5.41, 5.74) is 2.79. The van der Waals surface area contributed by atoms with Crippen molar-refractivity contribution >= 4 is 6.02 Å². The van der Waals surface area contributed by atoms with Crippen molar-refractivity contribution in [2.45, 2.75) is 19.4 Å². The molecular formula is C13H16N2O. The molecule has 2 aliphatic rings. The molecule has 2 unspecified atom stereocenters. The molecule has 3 rings (SSSR count). The Morgan fingerprint density at radius 1 is 1.38 bits per heavy atom. The van der Waals surface area contributed by atoms with Gasteiger partial charge in [-0.2, -0.15) is 0 Å². The molecule has 84 valence electrons. The number of rotatable bonds is 1. The quantitative estimate of drug-likeness (QED) is 0.777. The topological polar surface area (TPSA) is 33.6 Å². The molecule has 1 aliphatic carbocycles. The van der Waals surface area contributed by atoms with E-state index in [0.29, 0.717) is 11.9 Å². The van der Waals surface area contributed by atoms with E-state index >= 15 is 0 Å². The standard InChI is InChI=1S/C13H16N2O/c1-9-8-10-4-2-3-5-11(10)12(9)15-13-14-6-7-16-13/h2-5,9,12H,6-8H2,1H3,(H,14,15). The van der Waals surface area contributed by atoms with Gasteiger partial charge in [0.1, 0.15) is 6.61 Å². The molecule has 1 aliphatic heterocycles. The summed E-state index contributed by atoms with van der Waals surface area (Å²) in [6.45, 7) is 3.87. The number of nitrogens with zero attached hydrogens (tertiary/aromatic N) is 1. The molecule has 16 heavy (non-hydrogen) atoms. The van der Waals surface area contributed by atoms with Crippen LogP contribution >= 0.6 is 0 Å². The zero-order valence-corrected chi connectivity index (χ0v) is 9.44. The predicted octanol–water partition coefficient (Wildman–Crippen LogP) is 1.90. The molecule has 0 bridgehead atoms. The molecule has 0 spiro atoms. The zero-order chi connectivity index (χ0) is 11.0. The number of hydrogen-bond donors (Lipinski definition) is 1. The van der Waals surface area contributed by atoms with E-state index in [2.05, 4.69) is 41.5 Å². The highest BCUT2D eigenvalue weighted by Gasteiger charge is 2.29. The Balaban J connectivity index is 1.92. The number of amidine groups is 1. The van der Waals surface area contributed by atoms with E-state index in [0.717, 1.165) is 19.6 Å². The van der Waals surface area contributed by atoms with Crippen molar-refractivity contribution in [1.82, 2.24) is 5.32 Å². The molecule has 1 aromatic carbocycles. The minimum atomic E-state index is 0.261. The number of fused-ring (bicyclic) bond motifs is 1. The molecule has 1 aromatic rings. The largest absolute Gasteiger partial charge is 0.463 e. The molecule has 0 amide bonds. The van der Waals surface area contributed by atoms with Crippen LogP contribution in [0.2, 0.25) is 0 Å². The fourth-order valence-corrected chi connectivity index (χ4v) is 2.54. The summed E-state index contributed by atoms with van der Waals surface area (Å²) < 4.78 is 5.42. The Hall–Kier alpha value is -1.51. The van der Waals surface area contributed by atoms with Crippen LogP contribution in [0.5, 0.6) is 0 Å². The van der Waals surface area contributed by atoms with Crippen molar-refractivity contribution in [3.05, 3.63) is 35.4 Å². The van der Waals surface area contributed by atoms with Gasteiger partial charge in [0.2, 0.25) is 0 Å². The maximum atomic E-state index is 5.42. The Labute approximate surface area is 95.5 Å². The fourth-order valence-electron chi connectivity index (χ4n) is 2.54. The van der Waals surface area contributed by atoms with Gasteiger partial charge in [-0.25, -0.2) is 4.99 Å². The average Bonchev–Trinajstić information content (AvgIpc) is 2.89. The number of benzene rings is 1. The van der Waals surface area contributed by atoms with Crippen molar-refractivity contribution in [2.24, 2.45) is 10.9 Å². The number of nitrogens with one attached hydrogen (secondary N) is 1. The number of hydrogen-bond acceptors (Lipinski definition) is 2. The summed E-state index contributed by atoms with van der Waals surface area (Å²) in [6, 6.07) is 9.56. The molecule has 1 saturated heterocycles. The van der Waals surface area contributed by atoms with Gasteiger partial charge in [-0.05, 0) is 23.5 Å². The van der Waals surface area contributed by atoms with Crippen molar-refractivity contribution in [2.75, 3.05) is 13.2 Å². The Kier molecular flexibility index (Phi) is 2.31. The van der Waals surface area contributed by atoms with Gasteiger partial charge in [-0.15, -0.1) is 0 Å². The first kappa shape index (κ1) is 9.70. The molecule has 3 nitrogen and oxygen atoms in total. The third kappa shape index (κ3) is 1.56. The van der Waals surface area contributed by atoms with Crippen molar-refractivity contribution < 1.29 is 4.74 Å². The molecule has 0 saturated carbocycles. The lowest BCUT2D eigenvalue weighted by Gasteiger charge is -2.12. The van der Waals surface area contributed by atoms with E-state index in [4.69, 9.17) is 4.74 Å². The van der Waals surface area contributed by atoms with Crippen LogP contribution in [0.4, 0.5) is 0 Å². The molecule has 1 N–H and O–H groups in total. The molecule has 1 heterocycles. The van der Waals surface area contributed by atoms with Gasteiger partial charge in [0.25, 0.3) is 6.02 Å². The van der Waals surface area contributed by atoms with Gasteiger partial charge in [-0.1, -0.05) is 31.2 Å². The lowest BCUT2D eigenvalue weighted by molar-refractivity contribution is 0.345. The second kappa shape index (κ2) is 3.81. The summed E-state index contributed by atoms with van der Waals surface area (Å²) >= 11 is 0. The predicted molar refractivity (Wildman–Crippen MR) is 63.4 cm³/mol. The minimum absolute atomic E-state index is 0.261. The second-order valence-corrected chi connectivity index (χ2v) is 4.53.